The summed E-state index contributed by atoms with van der Waals surface area (Å²) >= 11 is 0. The van der Waals surface area contributed by atoms with Gasteiger partial charge in [0.2, 0.25) is 0 Å². The van der Waals surface area contributed by atoms with Crippen molar-refractivity contribution in [3.05, 3.63) is 274 Å². The molecule has 36 nitrogen and oxygen atoms in total. The average molecular weight is 1910 g/mol. The predicted octanol–water partition coefficient (Wildman–Crippen LogP) is 24.6. The van der Waals surface area contributed by atoms with E-state index in [1.165, 1.54) is 0 Å². The summed E-state index contributed by atoms with van der Waals surface area (Å²) in [6.45, 7) is 32.7. The van der Waals surface area contributed by atoms with E-state index >= 15 is 0 Å². The summed E-state index contributed by atoms with van der Waals surface area (Å²) in [6.07, 6.45) is 31.6. The molecule has 36 heteroatoms. The highest BCUT2D eigenvalue weighted by molar-refractivity contribution is 5.98. The molecule has 0 saturated carbocycles. The number of hydrogen-bond donors (Lipinski definition) is 9. The number of fused-ring (bicyclic) bond motifs is 9. The molecule has 0 amide bonds. The highest BCUT2D eigenvalue weighted by Gasteiger charge is 2.11. The normalized spacial score (nSPS) is 11.3. The number of benzene rings is 9. The minimum absolute atomic E-state index is 0.412. The first kappa shape index (κ1) is 107. The maximum Gasteiger partial charge on any atom is 0.176 e. The van der Waals surface area contributed by atoms with E-state index in [1.54, 1.807) is 68.2 Å². The van der Waals surface area contributed by atoms with E-state index in [-0.39, 0.29) is 0 Å². The van der Waals surface area contributed by atoms with E-state index in [0.29, 0.717) is 70.1 Å². The molecule has 9 heterocycles. The van der Waals surface area contributed by atoms with Crippen molar-refractivity contribution in [3.8, 4) is 0 Å². The van der Waals surface area contributed by atoms with Gasteiger partial charge in [-0.25, -0.2) is 0 Å². The van der Waals surface area contributed by atoms with Crippen LogP contribution < -0.4 is 48.8 Å². The molecule has 0 unspecified atom stereocenters. The number of nitrogens with zero attached hydrogens (tertiary/aromatic N) is 27. The monoisotopic (exact) mass is 1910 g/mol. The summed E-state index contributed by atoms with van der Waals surface area (Å²) in [4.78, 5) is 0. The molecule has 9 aromatic heterocycles. The van der Waals surface area contributed by atoms with Gasteiger partial charge in [-0.05, 0) is 91.4 Å². The Hall–Kier alpha value is -17.7. The molecule has 18 aromatic rings. The van der Waals surface area contributed by atoms with Crippen molar-refractivity contribution in [2.24, 2.45) is 63.7 Å². The van der Waals surface area contributed by atoms with Gasteiger partial charge in [0.05, 0.1) is 55.8 Å². The van der Waals surface area contributed by atoms with E-state index < -0.39 is 0 Å². The van der Waals surface area contributed by atoms with Crippen LogP contribution in [0.15, 0.2) is 320 Å². The van der Waals surface area contributed by atoms with Crippen molar-refractivity contribution < 1.29 is 0 Å². The molecule has 9 N–H and O–H groups in total. The van der Waals surface area contributed by atoms with Gasteiger partial charge in [-0.3, -0.25) is 48.8 Å². The third-order valence-corrected chi connectivity index (χ3v) is 20.3. The van der Waals surface area contributed by atoms with Crippen molar-refractivity contribution in [3.63, 3.8) is 0 Å². The molecule has 0 radical (unpaired) electrons. The zero-order chi connectivity index (χ0) is 101. The van der Waals surface area contributed by atoms with Crippen molar-refractivity contribution in [2.45, 2.75) is 156 Å². The van der Waals surface area contributed by atoms with Crippen LogP contribution in [0.3, 0.4) is 0 Å². The lowest BCUT2D eigenvalue weighted by Crippen LogP contribution is -2.06. The molecule has 18 rings (SSSR count). The third kappa shape index (κ3) is 35.7. The smallest absolute Gasteiger partial charge is 0.176 e. The number of rotatable bonds is 28. The minimum atomic E-state index is 0.412. The van der Waals surface area contributed by atoms with Gasteiger partial charge in [-0.15, -0.1) is 45.9 Å². The Balaban J connectivity index is 0.000000165. The number of nitrogens with one attached hydrogen (secondary N) is 9. The maximum absolute atomic E-state index is 4.31. The van der Waals surface area contributed by atoms with E-state index in [0.717, 1.165) is 165 Å². The average Bonchev–Trinajstić information content (AvgIpc) is 0.855. The molecule has 0 aliphatic rings. The molecule has 732 valence electrons. The molecular formula is C107H124N36. The van der Waals surface area contributed by atoms with Gasteiger partial charge in [0.1, 0.15) is 0 Å². The van der Waals surface area contributed by atoms with E-state index in [4.69, 9.17) is 0 Å². The molecule has 0 spiro atoms. The zero-order valence-corrected chi connectivity index (χ0v) is 83.6. The van der Waals surface area contributed by atoms with Crippen LogP contribution in [-0.4, -0.2) is 146 Å². The molecule has 143 heavy (non-hydrogen) atoms. The van der Waals surface area contributed by atoms with Crippen LogP contribution in [0.5, 0.6) is 0 Å². The lowest BCUT2D eigenvalue weighted by atomic mass is 10.1. The van der Waals surface area contributed by atoms with Crippen molar-refractivity contribution in [1.82, 2.24) is 91.8 Å². The molecule has 0 aliphatic heterocycles. The van der Waals surface area contributed by atoms with Crippen LogP contribution in [0.1, 0.15) is 156 Å². The standard InChI is InChI=1S/3C13H16N4.3C12H14N4.2C11H12N4.C10H10N4/c1-9(2)10(3)15-17-13-12-7-5-4-6-11(12)8-14-16-13;1-10(2)7-8-14-16-13-12-6-4-3-5-11(12)9-15-17-13;1-3-6-10(2)15-17-13-12-8-5-4-7-11(12)9-14-16-13;1-9(2)7-13-15-12-11-6-4-3-5-10(11)8-14-16-12;1-3-9(2)14-16-12-11-7-5-4-6-10(11)8-13-15-12;1-2-3-8-13-15-12-11-7-5-4-6-10(11)9-14-16-12;1-8(2)13-15-11-10-6-4-3-5-9(10)7-12-14-11;1-2-7-12-14-11-10-6-4-3-5-9(10)8-13-15-11;1-2-11-13-10-9-6-4-3-5-8(9)7-12-14-10/h4-9H,1-3H3,(H,16,17);3-6,8-10H,7H2,1-2H3,(H,16,17);4-5,7-9H,3,6H2,1-2H3,(H,16,17);3-9H,1-2H3,(H,15,16);4-8H,3H2,1-2H3,(H,15,16);4-9H,2-3H2,1H3,(H,15,16);3-7H,1-2H3,(H,14,15);3-8H,2H2,1H3,(H,14,15);2-7H,1H3,(H,13,14)/b15-10-;14-8-;15-10-;13-7-;14-9-;13-8-;;12-7-;11-2-. The molecular weight excluding hydrogens is 1790 g/mol. The fourth-order valence-corrected chi connectivity index (χ4v) is 12.5. The molecule has 0 aliphatic carbocycles. The molecule has 0 fully saturated rings. The quantitative estimate of drug-likeness (QED) is 0.0162. The summed E-state index contributed by atoms with van der Waals surface area (Å²) in [6, 6.07) is 71.6. The van der Waals surface area contributed by atoms with Gasteiger partial charge in [-0.2, -0.15) is 91.8 Å². The summed E-state index contributed by atoms with van der Waals surface area (Å²) in [5.41, 5.74) is 30.4. The van der Waals surface area contributed by atoms with Crippen LogP contribution in [0.2, 0.25) is 0 Å². The van der Waals surface area contributed by atoms with Gasteiger partial charge in [0, 0.05) is 151 Å². The highest BCUT2D eigenvalue weighted by atomic mass is 15.4. The Morgan fingerprint density at radius 1 is 0.280 bits per heavy atom. The van der Waals surface area contributed by atoms with E-state index in [2.05, 4.69) is 249 Å². The zero-order valence-electron chi connectivity index (χ0n) is 83.6. The second-order valence-corrected chi connectivity index (χ2v) is 33.0. The summed E-state index contributed by atoms with van der Waals surface area (Å²) in [5.74, 6) is 7.70. The van der Waals surface area contributed by atoms with Crippen LogP contribution in [0, 0.1) is 17.8 Å². The molecule has 0 bridgehead atoms. The first-order valence-corrected chi connectivity index (χ1v) is 47.2. The van der Waals surface area contributed by atoms with Crippen molar-refractivity contribution in [2.75, 3.05) is 48.8 Å². The SMILES string of the molecule is C/C(=N/Nc1nncc2ccccc12)C(C)C.C/C=N\Nc1nncc2ccccc12.CC(C)/C=N\Nc1nncc2ccccc12.CC(C)=NNc1nncc2ccccc12.CC(C)C/C=N\Nc1nncc2ccccc12.CC/C(C)=N\Nc1nncc2ccccc12.CC/C=N\Nc1nncc2ccccc12.CCC/C(C)=N\Nc1nncc2ccccc12.CCC/C=N\Nc1nncc2ccccc12. The largest absolute Gasteiger partial charge is 0.260 e. The number of hydrogen-bond acceptors (Lipinski definition) is 36. The van der Waals surface area contributed by atoms with Crippen LogP contribution in [-0.2, 0) is 0 Å². The second-order valence-electron chi connectivity index (χ2n) is 33.0. The lowest BCUT2D eigenvalue weighted by molar-refractivity contribution is 0.690. The van der Waals surface area contributed by atoms with E-state index in [1.807, 2.05) is 285 Å². The Labute approximate surface area is 832 Å². The van der Waals surface area contributed by atoms with E-state index in [9.17, 15) is 0 Å². The summed E-state index contributed by atoms with van der Waals surface area (Å²) < 4.78 is 0. The number of aromatic nitrogens is 18. The van der Waals surface area contributed by atoms with Gasteiger partial charge in [-0.1, -0.05) is 300 Å². The maximum atomic E-state index is 4.31. The topological polar surface area (TPSA) is 452 Å². The third-order valence-electron chi connectivity index (χ3n) is 20.3. The van der Waals surface area contributed by atoms with Gasteiger partial charge < -0.3 is 0 Å². The lowest BCUT2D eigenvalue weighted by Gasteiger charge is -2.06. The highest BCUT2D eigenvalue weighted by Crippen LogP contribution is 2.28. The Kier molecular flexibility index (Phi) is 45.1. The first-order valence-electron chi connectivity index (χ1n) is 47.2. The number of unbranched alkanes of at least 4 members (excludes halogenated alkanes) is 1. The molecule has 9 aromatic carbocycles. The number of anilines is 9. The Morgan fingerprint density at radius 3 is 0.783 bits per heavy atom. The van der Waals surface area contributed by atoms with Crippen molar-refractivity contribution >= 4 is 203 Å². The van der Waals surface area contributed by atoms with Gasteiger partial charge >= 0.3 is 0 Å². The Bertz CT molecular complexity index is 7240. The first-order chi connectivity index (χ1) is 69.9. The second kappa shape index (κ2) is 60.1. The van der Waals surface area contributed by atoms with Gasteiger partial charge in [0.25, 0.3) is 0 Å². The van der Waals surface area contributed by atoms with Crippen LogP contribution in [0.25, 0.3) is 97.0 Å². The Morgan fingerprint density at radius 2 is 0.531 bits per heavy atom. The molecule has 0 saturated heterocycles. The fourth-order valence-electron chi connectivity index (χ4n) is 12.5. The van der Waals surface area contributed by atoms with Crippen LogP contribution in [0.4, 0.5) is 52.4 Å². The fraction of sp³-hybridized carbons (Fsp3) is 0.243. The predicted molar refractivity (Wildman–Crippen MR) is 594 cm³/mol. The van der Waals surface area contributed by atoms with Crippen LogP contribution >= 0.6 is 0 Å². The number of hydrazone groups is 9. The van der Waals surface area contributed by atoms with Crippen molar-refractivity contribution in [1.29, 1.82) is 0 Å². The summed E-state index contributed by atoms with van der Waals surface area (Å²) in [7, 11) is 0. The van der Waals surface area contributed by atoms with Gasteiger partial charge in [0.15, 0.2) is 52.4 Å². The minimum Gasteiger partial charge on any atom is -0.260 e. The molecule has 0 atom stereocenters. The summed E-state index contributed by atoms with van der Waals surface area (Å²) in [5, 5.41) is 128.